The molecular weight excluding hydrogens is 238 g/mol. The fraction of sp³-hybridized carbons (Fsp3) is 0.538. The highest BCUT2D eigenvalue weighted by Crippen LogP contribution is 2.28. The van der Waals surface area contributed by atoms with Crippen molar-refractivity contribution in [3.63, 3.8) is 0 Å². The summed E-state index contributed by atoms with van der Waals surface area (Å²) >= 11 is 0. The topological polar surface area (TPSA) is 38.5 Å². The van der Waals surface area contributed by atoms with Gasteiger partial charge in [0.05, 0.1) is 18.9 Å². The first-order valence-electron chi connectivity index (χ1n) is 6.20. The second-order valence-electron chi connectivity index (χ2n) is 4.44. The molecule has 0 spiro atoms. The average molecular weight is 256 g/mol. The minimum absolute atomic E-state index is 0.249. The molecule has 0 amide bonds. The van der Waals surface area contributed by atoms with Crippen LogP contribution in [-0.2, 0) is 4.74 Å². The molecule has 1 heterocycles. The van der Waals surface area contributed by atoms with E-state index in [2.05, 4.69) is 0 Å². The third-order valence-electron chi connectivity index (χ3n) is 3.24. The third kappa shape index (κ3) is 2.62. The fourth-order valence-corrected chi connectivity index (χ4v) is 2.12. The number of hydrogen-bond donors (Lipinski definition) is 1. The fourth-order valence-electron chi connectivity index (χ4n) is 2.12. The van der Waals surface area contributed by atoms with E-state index in [1.165, 1.54) is 12.1 Å². The zero-order valence-electron chi connectivity index (χ0n) is 10.5. The van der Waals surface area contributed by atoms with Crippen molar-refractivity contribution >= 4 is 5.69 Å². The van der Waals surface area contributed by atoms with E-state index in [4.69, 9.17) is 10.5 Å². The molecule has 18 heavy (non-hydrogen) atoms. The van der Waals surface area contributed by atoms with Gasteiger partial charge in [-0.15, -0.1) is 0 Å². The van der Waals surface area contributed by atoms with Crippen LogP contribution in [0.2, 0.25) is 0 Å². The summed E-state index contributed by atoms with van der Waals surface area (Å²) in [6, 6.07) is 1.94. The molecule has 1 atom stereocenters. The van der Waals surface area contributed by atoms with Crippen molar-refractivity contribution < 1.29 is 13.5 Å². The normalized spacial score (nSPS) is 17.9. The zero-order chi connectivity index (χ0) is 13.1. The minimum Gasteiger partial charge on any atom is -0.378 e. The first-order chi connectivity index (χ1) is 8.63. The van der Waals surface area contributed by atoms with Gasteiger partial charge in [0.2, 0.25) is 0 Å². The maximum atomic E-state index is 14.3. The largest absolute Gasteiger partial charge is 0.378 e. The van der Waals surface area contributed by atoms with Gasteiger partial charge in [-0.25, -0.2) is 8.78 Å². The molecule has 1 aromatic rings. The summed E-state index contributed by atoms with van der Waals surface area (Å²) in [5.74, 6) is -0.857. The molecule has 0 radical (unpaired) electrons. The van der Waals surface area contributed by atoms with Crippen LogP contribution in [0.4, 0.5) is 14.5 Å². The number of nitrogens with zero attached hydrogens (tertiary/aromatic N) is 1. The molecule has 0 aromatic heterocycles. The average Bonchev–Trinajstić information content (AvgIpc) is 2.41. The molecule has 2 rings (SSSR count). The quantitative estimate of drug-likeness (QED) is 0.901. The van der Waals surface area contributed by atoms with Crippen LogP contribution >= 0.6 is 0 Å². The number of nitrogens with two attached hydrogens (primary N) is 1. The molecule has 1 fully saturated rings. The molecule has 0 bridgehead atoms. The number of hydrogen-bond acceptors (Lipinski definition) is 3. The van der Waals surface area contributed by atoms with E-state index in [0.29, 0.717) is 32.7 Å². The molecule has 3 nitrogen and oxygen atoms in total. The van der Waals surface area contributed by atoms with E-state index in [0.717, 1.165) is 0 Å². The van der Waals surface area contributed by atoms with Crippen molar-refractivity contribution in [2.45, 2.75) is 19.4 Å². The monoisotopic (exact) mass is 256 g/mol. The number of anilines is 1. The molecule has 1 aromatic carbocycles. The Morgan fingerprint density at radius 2 is 2.00 bits per heavy atom. The molecule has 1 unspecified atom stereocenters. The molecule has 1 aliphatic rings. The SMILES string of the molecule is CCC(N)c1cc(F)cc(N2CCOCC2)c1F. The molecular formula is C13H18F2N2O. The van der Waals surface area contributed by atoms with Gasteiger partial charge >= 0.3 is 0 Å². The lowest BCUT2D eigenvalue weighted by atomic mass is 10.0. The Morgan fingerprint density at radius 3 is 2.61 bits per heavy atom. The molecule has 100 valence electrons. The van der Waals surface area contributed by atoms with Gasteiger partial charge in [-0.1, -0.05) is 6.92 Å². The lowest BCUT2D eigenvalue weighted by Gasteiger charge is -2.30. The van der Waals surface area contributed by atoms with Gasteiger partial charge in [0.15, 0.2) is 5.82 Å². The number of ether oxygens (including phenoxy) is 1. The summed E-state index contributed by atoms with van der Waals surface area (Å²) < 4.78 is 33.1. The predicted molar refractivity (Wildman–Crippen MR) is 66.6 cm³/mol. The van der Waals surface area contributed by atoms with Crippen molar-refractivity contribution in [1.29, 1.82) is 0 Å². The maximum Gasteiger partial charge on any atom is 0.151 e. The highest BCUT2D eigenvalue weighted by molar-refractivity contribution is 5.51. The van der Waals surface area contributed by atoms with Crippen LogP contribution in [0, 0.1) is 11.6 Å². The number of morpholine rings is 1. The van der Waals surface area contributed by atoms with Crippen LogP contribution in [-0.4, -0.2) is 26.3 Å². The Kier molecular flexibility index (Phi) is 4.14. The van der Waals surface area contributed by atoms with E-state index < -0.39 is 17.7 Å². The van der Waals surface area contributed by atoms with E-state index in [1.54, 1.807) is 4.90 Å². The standard InChI is InChI=1S/C13H18F2N2O/c1-2-11(16)10-7-9(14)8-12(13(10)15)17-3-5-18-6-4-17/h7-8,11H,2-6,16H2,1H3. The van der Waals surface area contributed by atoms with Gasteiger partial charge in [0.25, 0.3) is 0 Å². The smallest absolute Gasteiger partial charge is 0.151 e. The van der Waals surface area contributed by atoms with Gasteiger partial charge in [-0.3, -0.25) is 0 Å². The zero-order valence-corrected chi connectivity index (χ0v) is 10.5. The number of benzene rings is 1. The van der Waals surface area contributed by atoms with Gasteiger partial charge in [-0.05, 0) is 12.5 Å². The third-order valence-corrected chi connectivity index (χ3v) is 3.24. The Bertz CT molecular complexity index is 420. The van der Waals surface area contributed by atoms with Gasteiger partial charge in [0.1, 0.15) is 5.82 Å². The lowest BCUT2D eigenvalue weighted by Crippen LogP contribution is -2.37. The van der Waals surface area contributed by atoms with Crippen LogP contribution in [0.1, 0.15) is 24.9 Å². The van der Waals surface area contributed by atoms with Crippen LogP contribution in [0.15, 0.2) is 12.1 Å². The highest BCUT2D eigenvalue weighted by atomic mass is 19.1. The number of rotatable bonds is 3. The van der Waals surface area contributed by atoms with Crippen molar-refractivity contribution in [1.82, 2.24) is 0 Å². The molecule has 0 aliphatic carbocycles. The summed E-state index contributed by atoms with van der Waals surface area (Å²) in [7, 11) is 0. The maximum absolute atomic E-state index is 14.3. The van der Waals surface area contributed by atoms with E-state index in [1.807, 2.05) is 6.92 Å². The molecule has 5 heteroatoms. The summed E-state index contributed by atoms with van der Waals surface area (Å²) in [5, 5.41) is 0. The summed E-state index contributed by atoms with van der Waals surface area (Å²) in [6.07, 6.45) is 0.572. The Balaban J connectivity index is 2.37. The second kappa shape index (κ2) is 5.63. The van der Waals surface area contributed by atoms with Crippen LogP contribution in [0.3, 0.4) is 0 Å². The molecule has 0 saturated carbocycles. The Labute approximate surface area is 106 Å². The summed E-state index contributed by atoms with van der Waals surface area (Å²) in [6.45, 7) is 4.06. The van der Waals surface area contributed by atoms with Gasteiger partial charge < -0.3 is 15.4 Å². The second-order valence-corrected chi connectivity index (χ2v) is 4.44. The highest BCUT2D eigenvalue weighted by Gasteiger charge is 2.21. The molecule has 1 saturated heterocycles. The van der Waals surface area contributed by atoms with Crippen LogP contribution < -0.4 is 10.6 Å². The lowest BCUT2D eigenvalue weighted by molar-refractivity contribution is 0.122. The van der Waals surface area contributed by atoms with Crippen molar-refractivity contribution in [3.05, 3.63) is 29.3 Å². The van der Waals surface area contributed by atoms with Crippen molar-refractivity contribution in [2.24, 2.45) is 5.73 Å². The van der Waals surface area contributed by atoms with Crippen LogP contribution in [0.5, 0.6) is 0 Å². The summed E-state index contributed by atoms with van der Waals surface area (Å²) in [4.78, 5) is 1.80. The summed E-state index contributed by atoms with van der Waals surface area (Å²) in [5.41, 5.74) is 6.35. The Morgan fingerprint density at radius 1 is 1.33 bits per heavy atom. The molecule has 1 aliphatic heterocycles. The van der Waals surface area contributed by atoms with Gasteiger partial charge in [0, 0.05) is 30.8 Å². The molecule has 2 N–H and O–H groups in total. The van der Waals surface area contributed by atoms with Crippen LogP contribution in [0.25, 0.3) is 0 Å². The number of halogens is 2. The van der Waals surface area contributed by atoms with Gasteiger partial charge in [-0.2, -0.15) is 0 Å². The minimum atomic E-state index is -0.472. The van der Waals surface area contributed by atoms with E-state index in [-0.39, 0.29) is 11.3 Å². The van der Waals surface area contributed by atoms with E-state index in [9.17, 15) is 8.78 Å². The van der Waals surface area contributed by atoms with E-state index >= 15 is 0 Å². The predicted octanol–water partition coefficient (Wildman–Crippen LogP) is 2.21. The Hall–Kier alpha value is -1.20. The van der Waals surface area contributed by atoms with Crippen molar-refractivity contribution in [2.75, 3.05) is 31.2 Å². The first kappa shape index (κ1) is 13.2. The van der Waals surface area contributed by atoms with Crippen molar-refractivity contribution in [3.8, 4) is 0 Å². The first-order valence-corrected chi connectivity index (χ1v) is 6.20.